The van der Waals surface area contributed by atoms with Gasteiger partial charge in [-0.15, -0.1) is 0 Å². The first kappa shape index (κ1) is 22.9. The molecule has 0 aromatic carbocycles. The van der Waals surface area contributed by atoms with Crippen molar-refractivity contribution in [3.05, 3.63) is 0 Å². The van der Waals surface area contributed by atoms with Gasteiger partial charge in [-0.05, 0) is 0 Å². The van der Waals surface area contributed by atoms with Crippen LogP contribution in [0, 0.1) is 0 Å². The largest absolute Gasteiger partial charge is 0.479 e. The van der Waals surface area contributed by atoms with E-state index in [2.05, 4.69) is 5.32 Å². The number of methoxy groups -OCH3 is 1. The molecule has 1 amide bonds. The van der Waals surface area contributed by atoms with Crippen LogP contribution in [0.25, 0.3) is 0 Å². The van der Waals surface area contributed by atoms with Gasteiger partial charge >= 0.3 is 5.97 Å². The van der Waals surface area contributed by atoms with E-state index in [0.29, 0.717) is 0 Å². The second-order valence-electron chi connectivity index (χ2n) is 6.51. The SMILES string of the molecule is COC1C(CO)OC(OC2C(C(=O)O)OC(O)C(O)C2O)C(NC(C)=O)C1O. The van der Waals surface area contributed by atoms with Crippen LogP contribution in [0.1, 0.15) is 6.92 Å². The molecule has 162 valence electrons. The van der Waals surface area contributed by atoms with Gasteiger partial charge < -0.3 is 54.9 Å². The van der Waals surface area contributed by atoms with E-state index in [9.17, 15) is 40.2 Å². The van der Waals surface area contributed by atoms with E-state index in [-0.39, 0.29) is 0 Å². The minimum absolute atomic E-state index is 0.579. The molecule has 0 aliphatic carbocycles. The highest BCUT2D eigenvalue weighted by Crippen LogP contribution is 2.29. The quantitative estimate of drug-likeness (QED) is 0.221. The Kier molecular flexibility index (Phi) is 7.66. The Morgan fingerprint density at radius 1 is 1.04 bits per heavy atom. The molecule has 2 fully saturated rings. The van der Waals surface area contributed by atoms with Crippen LogP contribution in [0.15, 0.2) is 0 Å². The van der Waals surface area contributed by atoms with Crippen molar-refractivity contribution in [2.45, 2.75) is 68.3 Å². The number of carboxylic acid groups (broad SMARTS) is 1. The zero-order valence-corrected chi connectivity index (χ0v) is 15.1. The monoisotopic (exact) mass is 411 g/mol. The highest BCUT2D eigenvalue weighted by Gasteiger charge is 2.53. The molecule has 0 saturated carbocycles. The van der Waals surface area contributed by atoms with E-state index in [1.54, 1.807) is 0 Å². The number of hydrogen-bond acceptors (Lipinski definition) is 11. The number of aliphatic hydroxyl groups is 5. The van der Waals surface area contributed by atoms with Crippen molar-refractivity contribution in [1.29, 1.82) is 0 Å². The lowest BCUT2D eigenvalue weighted by atomic mass is 9.95. The Balaban J connectivity index is 2.30. The molecule has 0 aromatic rings. The van der Waals surface area contributed by atoms with Gasteiger partial charge in [-0.3, -0.25) is 4.79 Å². The van der Waals surface area contributed by atoms with Gasteiger partial charge in [0.05, 0.1) is 6.61 Å². The molecular weight excluding hydrogens is 386 g/mol. The van der Waals surface area contributed by atoms with Gasteiger partial charge in [-0.25, -0.2) is 4.79 Å². The van der Waals surface area contributed by atoms with E-state index in [4.69, 9.17) is 18.9 Å². The van der Waals surface area contributed by atoms with Crippen molar-refractivity contribution < 1.29 is 59.2 Å². The molecule has 28 heavy (non-hydrogen) atoms. The first-order chi connectivity index (χ1) is 13.1. The fourth-order valence-corrected chi connectivity index (χ4v) is 3.22. The second kappa shape index (κ2) is 9.39. The second-order valence-corrected chi connectivity index (χ2v) is 6.51. The maximum absolute atomic E-state index is 11.5. The van der Waals surface area contributed by atoms with Gasteiger partial charge in [-0.2, -0.15) is 0 Å². The summed E-state index contributed by atoms with van der Waals surface area (Å²) in [5.41, 5.74) is 0. The Morgan fingerprint density at radius 2 is 1.68 bits per heavy atom. The molecule has 0 bridgehead atoms. The van der Waals surface area contributed by atoms with Crippen LogP contribution in [-0.4, -0.2) is 118 Å². The third-order valence-electron chi connectivity index (χ3n) is 4.59. The molecular formula is C15H25NO12. The summed E-state index contributed by atoms with van der Waals surface area (Å²) < 4.78 is 20.8. The van der Waals surface area contributed by atoms with Crippen LogP contribution < -0.4 is 5.32 Å². The van der Waals surface area contributed by atoms with Gasteiger partial charge in [0.2, 0.25) is 5.91 Å². The summed E-state index contributed by atoms with van der Waals surface area (Å²) in [4.78, 5) is 22.9. The van der Waals surface area contributed by atoms with Gasteiger partial charge in [0.15, 0.2) is 18.7 Å². The van der Waals surface area contributed by atoms with E-state index >= 15 is 0 Å². The molecule has 13 heteroatoms. The predicted molar refractivity (Wildman–Crippen MR) is 85.6 cm³/mol. The number of carbonyl (C=O) groups excluding carboxylic acids is 1. The standard InChI is InChI=1S/C15H25NO12/c1-4(18)16-6-7(19)10(25-2)5(3-17)26-15(6)28-11-8(20)9(21)14(24)27-12(11)13(22)23/h5-12,14-15,17,19-21,24H,3H2,1-2H3,(H,16,18)(H,22,23). The van der Waals surface area contributed by atoms with Gasteiger partial charge in [0.1, 0.15) is 42.7 Å². The third-order valence-corrected chi connectivity index (χ3v) is 4.59. The molecule has 0 aromatic heterocycles. The highest BCUT2D eigenvalue weighted by molar-refractivity contribution is 5.74. The van der Waals surface area contributed by atoms with Crippen molar-refractivity contribution >= 4 is 11.9 Å². The van der Waals surface area contributed by atoms with E-state index in [0.717, 1.165) is 6.92 Å². The van der Waals surface area contributed by atoms with Crippen LogP contribution >= 0.6 is 0 Å². The Labute approximate surface area is 159 Å². The molecule has 7 N–H and O–H groups in total. The third kappa shape index (κ3) is 4.59. The molecule has 0 radical (unpaired) electrons. The lowest BCUT2D eigenvalue weighted by Gasteiger charge is -2.46. The summed E-state index contributed by atoms with van der Waals surface area (Å²) in [5, 5.41) is 61.1. The number of hydrogen-bond donors (Lipinski definition) is 7. The maximum Gasteiger partial charge on any atom is 0.335 e. The average molecular weight is 411 g/mol. The number of aliphatic hydroxyl groups excluding tert-OH is 5. The Bertz CT molecular complexity index is 561. The van der Waals surface area contributed by atoms with Crippen LogP contribution in [-0.2, 0) is 28.5 Å². The van der Waals surface area contributed by atoms with Crippen molar-refractivity contribution in [2.24, 2.45) is 0 Å². The summed E-state index contributed by atoms with van der Waals surface area (Å²) >= 11 is 0. The summed E-state index contributed by atoms with van der Waals surface area (Å²) in [5.74, 6) is -2.18. The zero-order chi connectivity index (χ0) is 21.2. The van der Waals surface area contributed by atoms with Crippen LogP contribution in [0.5, 0.6) is 0 Å². The Hall–Kier alpha value is -1.42. The van der Waals surface area contributed by atoms with Crippen LogP contribution in [0.4, 0.5) is 0 Å². The molecule has 10 unspecified atom stereocenters. The molecule has 2 heterocycles. The first-order valence-corrected chi connectivity index (χ1v) is 8.44. The van der Waals surface area contributed by atoms with Gasteiger partial charge in [0, 0.05) is 14.0 Å². The molecule has 2 aliphatic heterocycles. The number of amides is 1. The maximum atomic E-state index is 11.5. The van der Waals surface area contributed by atoms with Crippen molar-refractivity contribution in [2.75, 3.05) is 13.7 Å². The van der Waals surface area contributed by atoms with E-state index in [1.165, 1.54) is 7.11 Å². The number of aliphatic carboxylic acids is 1. The molecule has 2 aliphatic rings. The lowest BCUT2D eigenvalue weighted by Crippen LogP contribution is -2.68. The number of nitrogens with one attached hydrogen (secondary N) is 1. The number of rotatable bonds is 6. The summed E-state index contributed by atoms with van der Waals surface area (Å²) in [6.07, 6.45) is -14.5. The fourth-order valence-electron chi connectivity index (χ4n) is 3.22. The number of ether oxygens (including phenoxy) is 4. The van der Waals surface area contributed by atoms with Gasteiger partial charge in [0.25, 0.3) is 0 Å². The topological polar surface area (TPSA) is 204 Å². The van der Waals surface area contributed by atoms with Crippen molar-refractivity contribution in [1.82, 2.24) is 5.32 Å². The molecule has 2 rings (SSSR count). The predicted octanol–water partition coefficient (Wildman–Crippen LogP) is -4.51. The fraction of sp³-hybridized carbons (Fsp3) is 0.867. The molecule has 0 spiro atoms. The van der Waals surface area contributed by atoms with E-state index < -0.39 is 79.8 Å². The van der Waals surface area contributed by atoms with Crippen LogP contribution in [0.2, 0.25) is 0 Å². The zero-order valence-electron chi connectivity index (χ0n) is 15.1. The smallest absolute Gasteiger partial charge is 0.335 e. The first-order valence-electron chi connectivity index (χ1n) is 8.44. The van der Waals surface area contributed by atoms with Crippen LogP contribution in [0.3, 0.4) is 0 Å². The molecule has 10 atom stereocenters. The van der Waals surface area contributed by atoms with E-state index in [1.807, 2.05) is 0 Å². The lowest BCUT2D eigenvalue weighted by molar-refractivity contribution is -0.336. The summed E-state index contributed by atoms with van der Waals surface area (Å²) in [6.45, 7) is 0.554. The molecule has 2 saturated heterocycles. The normalized spacial score (nSPS) is 44.1. The highest BCUT2D eigenvalue weighted by atomic mass is 16.7. The molecule has 13 nitrogen and oxygen atoms in total. The van der Waals surface area contributed by atoms with Gasteiger partial charge in [-0.1, -0.05) is 0 Å². The summed E-state index contributed by atoms with van der Waals surface area (Å²) in [6, 6.07) is -1.27. The van der Waals surface area contributed by atoms with Crippen molar-refractivity contribution in [3.8, 4) is 0 Å². The Morgan fingerprint density at radius 3 is 2.18 bits per heavy atom. The minimum Gasteiger partial charge on any atom is -0.479 e. The number of carbonyl (C=O) groups is 2. The minimum atomic E-state index is -1.97. The number of carboxylic acids is 1. The van der Waals surface area contributed by atoms with Crippen molar-refractivity contribution in [3.63, 3.8) is 0 Å². The average Bonchev–Trinajstić information content (AvgIpc) is 2.63. The summed E-state index contributed by atoms with van der Waals surface area (Å²) in [7, 11) is 1.25.